The van der Waals surface area contributed by atoms with Crippen molar-refractivity contribution in [1.29, 1.82) is 0 Å². The van der Waals surface area contributed by atoms with Crippen molar-refractivity contribution in [3.8, 4) is 11.4 Å². The smallest absolute Gasteiger partial charge is 0.252 e. The molecule has 0 aliphatic heterocycles. The van der Waals surface area contributed by atoms with Crippen molar-refractivity contribution in [2.45, 2.75) is 71.1 Å². The molecule has 26 heavy (non-hydrogen) atoms. The number of carbonyl (C=O) groups excluding carboxylic acids is 1. The lowest BCUT2D eigenvalue weighted by Gasteiger charge is -2.09. The van der Waals surface area contributed by atoms with Crippen molar-refractivity contribution in [2.24, 2.45) is 0 Å². The molecule has 2 N–H and O–H groups in total. The van der Waals surface area contributed by atoms with E-state index in [1.807, 2.05) is 24.3 Å². The molecule has 2 rings (SSSR count). The zero-order valence-electron chi connectivity index (χ0n) is 16.1. The van der Waals surface area contributed by atoms with Crippen LogP contribution >= 0.6 is 0 Å². The molecular weight excluding hydrogens is 322 g/mol. The Morgan fingerprint density at radius 3 is 2.27 bits per heavy atom. The summed E-state index contributed by atoms with van der Waals surface area (Å²) in [6.07, 6.45) is 16.5. The zero-order chi connectivity index (χ0) is 18.5. The molecule has 1 heterocycles. The van der Waals surface area contributed by atoms with Crippen LogP contribution in [0.5, 0.6) is 0 Å². The minimum Gasteiger partial charge on any atom is -0.352 e. The molecule has 0 unspecified atom stereocenters. The van der Waals surface area contributed by atoms with Gasteiger partial charge in [-0.25, -0.2) is 4.98 Å². The average molecular weight is 356 g/mol. The molecule has 1 amide bonds. The van der Waals surface area contributed by atoms with Gasteiger partial charge in [0.2, 0.25) is 0 Å². The van der Waals surface area contributed by atoms with E-state index in [1.165, 1.54) is 57.8 Å². The molecule has 1 aromatic carbocycles. The Hall–Kier alpha value is -2.10. The van der Waals surface area contributed by atoms with Crippen molar-refractivity contribution in [3.63, 3.8) is 0 Å². The van der Waals surface area contributed by atoms with Crippen molar-refractivity contribution < 1.29 is 4.79 Å². The Kier molecular flexibility index (Phi) is 9.55. The van der Waals surface area contributed by atoms with Crippen molar-refractivity contribution in [3.05, 3.63) is 42.2 Å². The van der Waals surface area contributed by atoms with Crippen LogP contribution in [0.15, 0.2) is 36.7 Å². The van der Waals surface area contributed by atoms with E-state index in [2.05, 4.69) is 22.2 Å². The second kappa shape index (κ2) is 12.3. The third-order valence-corrected chi connectivity index (χ3v) is 4.74. The van der Waals surface area contributed by atoms with Crippen LogP contribution in [0.4, 0.5) is 0 Å². The van der Waals surface area contributed by atoms with Gasteiger partial charge in [-0.2, -0.15) is 0 Å². The van der Waals surface area contributed by atoms with E-state index in [-0.39, 0.29) is 5.91 Å². The number of benzene rings is 1. The normalized spacial score (nSPS) is 10.8. The molecule has 142 valence electrons. The van der Waals surface area contributed by atoms with Gasteiger partial charge in [0.25, 0.3) is 5.91 Å². The SMILES string of the molecule is CCCCCCCCCCCCNC(=O)c1ccccc1-c1ncc[nH]1. The van der Waals surface area contributed by atoms with Gasteiger partial charge in [0, 0.05) is 24.5 Å². The van der Waals surface area contributed by atoms with Crippen LogP contribution in [0.1, 0.15) is 81.5 Å². The maximum Gasteiger partial charge on any atom is 0.252 e. The summed E-state index contributed by atoms with van der Waals surface area (Å²) in [6, 6.07) is 7.60. The number of hydrogen-bond donors (Lipinski definition) is 2. The highest BCUT2D eigenvalue weighted by Gasteiger charge is 2.12. The highest BCUT2D eigenvalue weighted by Crippen LogP contribution is 2.19. The van der Waals surface area contributed by atoms with Crippen molar-refractivity contribution >= 4 is 5.91 Å². The van der Waals surface area contributed by atoms with Gasteiger partial charge in [0.05, 0.1) is 5.56 Å². The Morgan fingerprint density at radius 1 is 0.962 bits per heavy atom. The molecule has 0 atom stereocenters. The second-order valence-electron chi connectivity index (χ2n) is 6.92. The lowest BCUT2D eigenvalue weighted by molar-refractivity contribution is 0.0953. The first-order valence-corrected chi connectivity index (χ1v) is 10.2. The number of H-pyrrole nitrogens is 1. The summed E-state index contributed by atoms with van der Waals surface area (Å²) < 4.78 is 0. The molecule has 0 saturated carbocycles. The Labute approximate surface area is 157 Å². The maximum absolute atomic E-state index is 12.5. The molecule has 0 fully saturated rings. The van der Waals surface area contributed by atoms with Gasteiger partial charge in [0.15, 0.2) is 0 Å². The summed E-state index contributed by atoms with van der Waals surface area (Å²) in [7, 11) is 0. The van der Waals surface area contributed by atoms with E-state index in [1.54, 1.807) is 12.4 Å². The number of nitrogens with zero attached hydrogens (tertiary/aromatic N) is 1. The number of carbonyl (C=O) groups is 1. The monoisotopic (exact) mass is 355 g/mol. The Bertz CT molecular complexity index is 622. The number of amides is 1. The number of imidazole rings is 1. The number of aromatic nitrogens is 2. The summed E-state index contributed by atoms with van der Waals surface area (Å²) >= 11 is 0. The van der Waals surface area contributed by atoms with Crippen LogP contribution in [-0.2, 0) is 0 Å². The highest BCUT2D eigenvalue weighted by molar-refractivity contribution is 6.00. The molecule has 4 nitrogen and oxygen atoms in total. The highest BCUT2D eigenvalue weighted by atomic mass is 16.1. The van der Waals surface area contributed by atoms with Crippen LogP contribution in [0.2, 0.25) is 0 Å². The van der Waals surface area contributed by atoms with Crippen LogP contribution in [0.25, 0.3) is 11.4 Å². The minimum atomic E-state index is -0.0204. The molecule has 4 heteroatoms. The molecule has 0 bridgehead atoms. The fraction of sp³-hybridized carbons (Fsp3) is 0.545. The van der Waals surface area contributed by atoms with Gasteiger partial charge in [-0.05, 0) is 12.5 Å². The average Bonchev–Trinajstić information content (AvgIpc) is 3.20. The third-order valence-electron chi connectivity index (χ3n) is 4.74. The van der Waals surface area contributed by atoms with Gasteiger partial charge in [-0.1, -0.05) is 82.9 Å². The summed E-state index contributed by atoms with van der Waals surface area (Å²) in [4.78, 5) is 19.8. The van der Waals surface area contributed by atoms with Crippen LogP contribution in [0, 0.1) is 0 Å². The van der Waals surface area contributed by atoms with Gasteiger partial charge in [-0.15, -0.1) is 0 Å². The van der Waals surface area contributed by atoms with Crippen molar-refractivity contribution in [1.82, 2.24) is 15.3 Å². The second-order valence-corrected chi connectivity index (χ2v) is 6.92. The first-order chi connectivity index (χ1) is 12.8. The van der Waals surface area contributed by atoms with Crippen LogP contribution in [-0.4, -0.2) is 22.4 Å². The predicted octanol–water partition coefficient (Wildman–Crippen LogP) is 5.73. The maximum atomic E-state index is 12.5. The Balaban J connectivity index is 1.60. The number of aromatic amines is 1. The fourth-order valence-electron chi connectivity index (χ4n) is 3.21. The van der Waals surface area contributed by atoms with Gasteiger partial charge >= 0.3 is 0 Å². The third kappa shape index (κ3) is 7.03. The standard InChI is InChI=1S/C22H33N3O/c1-2-3-4-5-6-7-8-9-10-13-16-25-22(26)20-15-12-11-14-19(20)21-23-17-18-24-21/h11-12,14-15,17-18H,2-10,13,16H2,1H3,(H,23,24)(H,25,26). The van der Waals surface area contributed by atoms with Gasteiger partial charge in [0.1, 0.15) is 5.82 Å². The van der Waals surface area contributed by atoms with E-state index in [4.69, 9.17) is 0 Å². The predicted molar refractivity (Wildman–Crippen MR) is 108 cm³/mol. The lowest BCUT2D eigenvalue weighted by atomic mass is 10.1. The van der Waals surface area contributed by atoms with E-state index in [0.29, 0.717) is 5.56 Å². The molecular formula is C22H33N3O. The molecule has 0 aliphatic carbocycles. The quantitative estimate of drug-likeness (QED) is 0.451. The number of rotatable bonds is 13. The van der Waals surface area contributed by atoms with Crippen LogP contribution in [0.3, 0.4) is 0 Å². The first-order valence-electron chi connectivity index (χ1n) is 10.2. The first kappa shape index (κ1) is 20.2. The summed E-state index contributed by atoms with van der Waals surface area (Å²) in [5.74, 6) is 0.711. The molecule has 0 radical (unpaired) electrons. The minimum absolute atomic E-state index is 0.0204. The summed E-state index contributed by atoms with van der Waals surface area (Å²) in [5.41, 5.74) is 1.52. The zero-order valence-corrected chi connectivity index (χ0v) is 16.1. The molecule has 2 aromatic rings. The van der Waals surface area contributed by atoms with E-state index >= 15 is 0 Å². The Morgan fingerprint density at radius 2 is 1.62 bits per heavy atom. The largest absolute Gasteiger partial charge is 0.352 e. The number of hydrogen-bond acceptors (Lipinski definition) is 2. The van der Waals surface area contributed by atoms with E-state index < -0.39 is 0 Å². The van der Waals surface area contributed by atoms with E-state index in [9.17, 15) is 4.79 Å². The number of nitrogens with one attached hydrogen (secondary N) is 2. The van der Waals surface area contributed by atoms with Gasteiger partial charge < -0.3 is 10.3 Å². The fourth-order valence-corrected chi connectivity index (χ4v) is 3.21. The molecule has 0 aliphatic rings. The van der Waals surface area contributed by atoms with Crippen LogP contribution < -0.4 is 5.32 Å². The summed E-state index contributed by atoms with van der Waals surface area (Å²) in [5, 5.41) is 3.05. The molecule has 1 aromatic heterocycles. The summed E-state index contributed by atoms with van der Waals surface area (Å²) in [6.45, 7) is 3.00. The van der Waals surface area contributed by atoms with Crippen molar-refractivity contribution in [2.75, 3.05) is 6.54 Å². The van der Waals surface area contributed by atoms with Gasteiger partial charge in [-0.3, -0.25) is 4.79 Å². The lowest BCUT2D eigenvalue weighted by Crippen LogP contribution is -2.25. The number of unbranched alkanes of at least 4 members (excludes halogenated alkanes) is 9. The molecule has 0 spiro atoms. The van der Waals surface area contributed by atoms with E-state index in [0.717, 1.165) is 24.4 Å². The molecule has 0 saturated heterocycles. The topological polar surface area (TPSA) is 57.8 Å².